The van der Waals surface area contributed by atoms with Gasteiger partial charge < -0.3 is 24.3 Å². The van der Waals surface area contributed by atoms with Crippen LogP contribution in [0.5, 0.6) is 0 Å². The van der Waals surface area contributed by atoms with Gasteiger partial charge in [0.05, 0.1) is 0 Å². The first kappa shape index (κ1) is 18.5. The standard InChI is InChI=1S/C18H27N9O/c1-13-22-23-15(25(13)3)12-20-18(21-14-4-5-14)27-10-8-26(9-11-27)16-17(28)24(2)7-6-19-16/h6-7,14H,4-5,8-12H2,1-3H3,(H,20,21). The maximum Gasteiger partial charge on any atom is 0.293 e. The van der Waals surface area contributed by atoms with E-state index < -0.39 is 0 Å². The molecule has 1 aliphatic heterocycles. The Morgan fingerprint density at radius 3 is 2.61 bits per heavy atom. The number of aryl methyl sites for hydroxylation is 2. The summed E-state index contributed by atoms with van der Waals surface area (Å²) in [7, 11) is 3.71. The van der Waals surface area contributed by atoms with Crippen LogP contribution in [0.1, 0.15) is 24.5 Å². The van der Waals surface area contributed by atoms with Gasteiger partial charge in [0, 0.05) is 58.7 Å². The molecule has 3 heterocycles. The molecule has 0 atom stereocenters. The maximum atomic E-state index is 12.3. The molecule has 2 aromatic rings. The van der Waals surface area contributed by atoms with E-state index in [2.05, 4.69) is 30.3 Å². The zero-order valence-electron chi connectivity index (χ0n) is 16.7. The molecular weight excluding hydrogens is 358 g/mol. The Morgan fingerprint density at radius 2 is 1.96 bits per heavy atom. The molecule has 2 fully saturated rings. The number of piperazine rings is 1. The van der Waals surface area contributed by atoms with Crippen LogP contribution in [0.15, 0.2) is 22.2 Å². The summed E-state index contributed by atoms with van der Waals surface area (Å²) in [5.74, 6) is 3.17. The molecule has 2 aromatic heterocycles. The number of hydrogen-bond donors (Lipinski definition) is 1. The summed E-state index contributed by atoms with van der Waals surface area (Å²) >= 11 is 0. The summed E-state index contributed by atoms with van der Waals surface area (Å²) in [5.41, 5.74) is -0.0569. The van der Waals surface area contributed by atoms with Crippen LogP contribution in [-0.2, 0) is 20.6 Å². The summed E-state index contributed by atoms with van der Waals surface area (Å²) in [6.07, 6.45) is 5.73. The van der Waals surface area contributed by atoms with E-state index in [9.17, 15) is 4.79 Å². The molecule has 10 nitrogen and oxygen atoms in total. The second kappa shape index (κ2) is 7.61. The highest BCUT2D eigenvalue weighted by molar-refractivity contribution is 5.81. The van der Waals surface area contributed by atoms with Crippen LogP contribution < -0.4 is 15.8 Å². The number of nitrogens with zero attached hydrogens (tertiary/aromatic N) is 8. The molecule has 0 radical (unpaired) electrons. The van der Waals surface area contributed by atoms with E-state index in [1.54, 1.807) is 24.0 Å². The zero-order chi connectivity index (χ0) is 19.7. The second-order valence-corrected chi connectivity index (χ2v) is 7.42. The summed E-state index contributed by atoms with van der Waals surface area (Å²) in [5, 5.41) is 11.9. The molecule has 1 saturated heterocycles. The highest BCUT2D eigenvalue weighted by atomic mass is 16.1. The van der Waals surface area contributed by atoms with E-state index in [0.29, 0.717) is 18.4 Å². The van der Waals surface area contributed by atoms with Gasteiger partial charge in [0.15, 0.2) is 17.6 Å². The van der Waals surface area contributed by atoms with Crippen LogP contribution in [0, 0.1) is 6.92 Å². The van der Waals surface area contributed by atoms with Gasteiger partial charge in [0.25, 0.3) is 5.56 Å². The van der Waals surface area contributed by atoms with Crippen LogP contribution in [0.2, 0.25) is 0 Å². The lowest BCUT2D eigenvalue weighted by atomic mass is 10.3. The summed E-state index contributed by atoms with van der Waals surface area (Å²) < 4.78 is 3.53. The molecule has 0 bridgehead atoms. The molecule has 1 N–H and O–H groups in total. The second-order valence-electron chi connectivity index (χ2n) is 7.42. The van der Waals surface area contributed by atoms with Crippen LogP contribution in [-0.4, -0.2) is 67.4 Å². The van der Waals surface area contributed by atoms with Crippen LogP contribution in [0.4, 0.5) is 5.82 Å². The minimum absolute atomic E-state index is 0.0569. The minimum Gasteiger partial charge on any atom is -0.353 e. The van der Waals surface area contributed by atoms with Gasteiger partial charge in [-0.2, -0.15) is 0 Å². The number of aromatic nitrogens is 5. The van der Waals surface area contributed by atoms with Crippen molar-refractivity contribution in [1.82, 2.24) is 34.5 Å². The van der Waals surface area contributed by atoms with Gasteiger partial charge in [-0.05, 0) is 19.8 Å². The van der Waals surface area contributed by atoms with Crippen molar-refractivity contribution in [3.63, 3.8) is 0 Å². The lowest BCUT2D eigenvalue weighted by Crippen LogP contribution is -2.54. The van der Waals surface area contributed by atoms with Crippen molar-refractivity contribution >= 4 is 11.8 Å². The number of nitrogens with one attached hydrogen (secondary N) is 1. The molecule has 150 valence electrons. The average molecular weight is 385 g/mol. The van der Waals surface area contributed by atoms with Gasteiger partial charge in [-0.25, -0.2) is 9.98 Å². The summed E-state index contributed by atoms with van der Waals surface area (Å²) in [6.45, 7) is 5.48. The summed E-state index contributed by atoms with van der Waals surface area (Å²) in [6, 6.07) is 0.515. The molecule has 1 aliphatic carbocycles. The molecule has 4 rings (SSSR count). The molecule has 0 unspecified atom stereocenters. The van der Waals surface area contributed by atoms with Gasteiger partial charge >= 0.3 is 0 Å². The van der Waals surface area contributed by atoms with Gasteiger partial charge in [0.1, 0.15) is 12.4 Å². The fraction of sp³-hybridized carbons (Fsp3) is 0.611. The van der Waals surface area contributed by atoms with E-state index >= 15 is 0 Å². The largest absolute Gasteiger partial charge is 0.353 e. The first-order chi connectivity index (χ1) is 13.5. The molecule has 10 heteroatoms. The first-order valence-corrected chi connectivity index (χ1v) is 9.70. The third-order valence-corrected chi connectivity index (χ3v) is 5.34. The molecule has 28 heavy (non-hydrogen) atoms. The van der Waals surface area contributed by atoms with E-state index in [-0.39, 0.29) is 5.56 Å². The number of rotatable bonds is 4. The SMILES string of the molecule is Cc1nnc(CN=C(NC2CC2)N2CCN(c3nccn(C)c3=O)CC2)n1C. The van der Waals surface area contributed by atoms with Crippen molar-refractivity contribution in [3.05, 3.63) is 34.4 Å². The fourth-order valence-electron chi connectivity index (χ4n) is 3.21. The number of anilines is 1. The van der Waals surface area contributed by atoms with Crippen LogP contribution in [0.25, 0.3) is 0 Å². The monoisotopic (exact) mass is 385 g/mol. The topological polar surface area (TPSA) is 96.5 Å². The van der Waals surface area contributed by atoms with Gasteiger partial charge in [-0.3, -0.25) is 4.79 Å². The third kappa shape index (κ3) is 3.85. The molecule has 2 aliphatic rings. The number of aliphatic imine (C=N–C) groups is 1. The van der Waals surface area contributed by atoms with Crippen LogP contribution in [0.3, 0.4) is 0 Å². The van der Waals surface area contributed by atoms with Crippen molar-refractivity contribution in [2.75, 3.05) is 31.1 Å². The Morgan fingerprint density at radius 1 is 1.21 bits per heavy atom. The van der Waals surface area contributed by atoms with E-state index in [0.717, 1.165) is 43.8 Å². The Bertz CT molecular complexity index is 919. The lowest BCUT2D eigenvalue weighted by Gasteiger charge is -2.36. The predicted octanol–water partition coefficient (Wildman–Crippen LogP) is -0.353. The predicted molar refractivity (Wildman–Crippen MR) is 106 cm³/mol. The average Bonchev–Trinajstić information content (AvgIpc) is 3.47. The van der Waals surface area contributed by atoms with Crippen molar-refractivity contribution in [3.8, 4) is 0 Å². The van der Waals surface area contributed by atoms with Crippen LogP contribution >= 0.6 is 0 Å². The van der Waals surface area contributed by atoms with Gasteiger partial charge in [-0.1, -0.05) is 0 Å². The van der Waals surface area contributed by atoms with Gasteiger partial charge in [-0.15, -0.1) is 10.2 Å². The van der Waals surface area contributed by atoms with Crippen molar-refractivity contribution in [2.24, 2.45) is 19.1 Å². The summed E-state index contributed by atoms with van der Waals surface area (Å²) in [4.78, 5) is 25.7. The molecular formula is C18H27N9O. The fourth-order valence-corrected chi connectivity index (χ4v) is 3.21. The highest BCUT2D eigenvalue weighted by Crippen LogP contribution is 2.19. The normalized spacial score (nSPS) is 17.9. The lowest BCUT2D eigenvalue weighted by molar-refractivity contribution is 0.369. The highest BCUT2D eigenvalue weighted by Gasteiger charge is 2.27. The van der Waals surface area contributed by atoms with Crippen molar-refractivity contribution < 1.29 is 0 Å². The first-order valence-electron chi connectivity index (χ1n) is 9.70. The maximum absolute atomic E-state index is 12.3. The smallest absolute Gasteiger partial charge is 0.293 e. The molecule has 0 amide bonds. The van der Waals surface area contributed by atoms with Gasteiger partial charge in [0.2, 0.25) is 0 Å². The third-order valence-electron chi connectivity index (χ3n) is 5.34. The quantitative estimate of drug-likeness (QED) is 0.567. The Kier molecular flexibility index (Phi) is 5.01. The Labute approximate surface area is 163 Å². The molecule has 0 aromatic carbocycles. The Hall–Kier alpha value is -2.91. The minimum atomic E-state index is -0.0569. The molecule has 1 saturated carbocycles. The van der Waals surface area contributed by atoms with E-state index in [1.807, 2.05) is 18.5 Å². The van der Waals surface area contributed by atoms with Crippen molar-refractivity contribution in [1.29, 1.82) is 0 Å². The van der Waals surface area contributed by atoms with Crippen molar-refractivity contribution in [2.45, 2.75) is 32.4 Å². The van der Waals surface area contributed by atoms with E-state index in [1.165, 1.54) is 12.8 Å². The molecule has 0 spiro atoms. The number of guanidine groups is 1. The Balaban J connectivity index is 1.45. The zero-order valence-corrected chi connectivity index (χ0v) is 16.7. The van der Waals surface area contributed by atoms with E-state index in [4.69, 9.17) is 4.99 Å². The number of hydrogen-bond acceptors (Lipinski definition) is 6.